The quantitative estimate of drug-likeness (QED) is 0.648. The van der Waals surface area contributed by atoms with E-state index in [4.69, 9.17) is 0 Å². The Morgan fingerprint density at radius 1 is 1.21 bits per heavy atom. The number of amidine groups is 1. The van der Waals surface area contributed by atoms with Gasteiger partial charge < -0.3 is 5.32 Å². The second-order valence-electron chi connectivity index (χ2n) is 8.79. The number of amides is 1. The number of fused-ring (bicyclic) bond motifs is 1. The number of pyridine rings is 1. The second kappa shape index (κ2) is 10.0. The summed E-state index contributed by atoms with van der Waals surface area (Å²) in [4.78, 5) is 24.8. The number of carbonyl (C=O) groups excluding carboxylic acids is 1. The number of likely N-dealkylation sites (tertiary alicyclic amines) is 1. The average Bonchev–Trinajstić information content (AvgIpc) is 3.09. The summed E-state index contributed by atoms with van der Waals surface area (Å²) in [6.07, 6.45) is 4.28. The van der Waals surface area contributed by atoms with Crippen molar-refractivity contribution in [2.75, 3.05) is 13.1 Å². The molecule has 0 saturated carbocycles. The van der Waals surface area contributed by atoms with Crippen LogP contribution in [0.3, 0.4) is 0 Å². The van der Waals surface area contributed by atoms with Gasteiger partial charge >= 0.3 is 0 Å². The molecule has 2 aliphatic heterocycles. The van der Waals surface area contributed by atoms with Crippen molar-refractivity contribution in [3.8, 4) is 0 Å². The smallest absolute Gasteiger partial charge is 0.263 e. The standard InChI is InChI=1S/C24H31N5O3S/c1-3-17(2)22(27-23-20-9-4-5-10-21(20)33(31,32)28-23)24(30)26-18-11-14-29(15-12-18)16-19-8-6-7-13-25-19/h4-10,13,17-18,22H,3,11-12,14-16H2,1-2H3,(H,26,30)(H,27,28)/t17-,22-/m0/s1. The molecular formula is C24H31N5O3S. The maximum absolute atomic E-state index is 13.2. The van der Waals surface area contributed by atoms with Gasteiger partial charge in [-0.2, -0.15) is 0 Å². The van der Waals surface area contributed by atoms with Crippen LogP contribution in [0.25, 0.3) is 0 Å². The molecule has 0 radical (unpaired) electrons. The minimum absolute atomic E-state index is 0.0287. The van der Waals surface area contributed by atoms with Gasteiger partial charge in [-0.15, -0.1) is 0 Å². The molecule has 4 rings (SSSR count). The molecule has 0 spiro atoms. The summed E-state index contributed by atoms with van der Waals surface area (Å²) in [5.41, 5.74) is 1.56. The zero-order valence-corrected chi connectivity index (χ0v) is 19.9. The lowest BCUT2D eigenvalue weighted by Crippen LogP contribution is -2.48. The number of benzene rings is 1. The lowest BCUT2D eigenvalue weighted by atomic mass is 9.97. The molecule has 1 saturated heterocycles. The summed E-state index contributed by atoms with van der Waals surface area (Å²) < 4.78 is 27.4. The minimum Gasteiger partial charge on any atom is -0.351 e. The number of aromatic nitrogens is 1. The number of aliphatic imine (C=N–C) groups is 1. The van der Waals surface area contributed by atoms with Gasteiger partial charge in [0.2, 0.25) is 5.91 Å². The van der Waals surface area contributed by atoms with Crippen LogP contribution in [-0.4, -0.2) is 55.2 Å². The van der Waals surface area contributed by atoms with Gasteiger partial charge in [0.05, 0.1) is 10.6 Å². The fourth-order valence-electron chi connectivity index (χ4n) is 4.28. The van der Waals surface area contributed by atoms with E-state index >= 15 is 0 Å². The molecule has 8 nitrogen and oxygen atoms in total. The molecular weight excluding hydrogens is 438 g/mol. The first kappa shape index (κ1) is 23.4. The van der Waals surface area contributed by atoms with Gasteiger partial charge in [0, 0.05) is 37.4 Å². The molecule has 9 heteroatoms. The van der Waals surface area contributed by atoms with Crippen LogP contribution in [-0.2, 0) is 21.4 Å². The number of carbonyl (C=O) groups is 1. The summed E-state index contributed by atoms with van der Waals surface area (Å²) in [6, 6.07) is 12.1. The highest BCUT2D eigenvalue weighted by Gasteiger charge is 2.33. The van der Waals surface area contributed by atoms with Crippen LogP contribution >= 0.6 is 0 Å². The largest absolute Gasteiger partial charge is 0.351 e. The summed E-state index contributed by atoms with van der Waals surface area (Å²) in [5, 5.41) is 3.17. The van der Waals surface area contributed by atoms with E-state index in [1.165, 1.54) is 0 Å². The van der Waals surface area contributed by atoms with E-state index in [0.717, 1.165) is 44.6 Å². The number of rotatable bonds is 7. The highest BCUT2D eigenvalue weighted by molar-refractivity contribution is 7.90. The molecule has 1 fully saturated rings. The van der Waals surface area contributed by atoms with Crippen molar-refractivity contribution in [1.29, 1.82) is 0 Å². The Labute approximate surface area is 195 Å². The molecule has 2 aliphatic rings. The summed E-state index contributed by atoms with van der Waals surface area (Å²) in [5.74, 6) is 0.0684. The molecule has 0 bridgehead atoms. The van der Waals surface area contributed by atoms with Crippen LogP contribution < -0.4 is 10.0 Å². The van der Waals surface area contributed by atoms with Gasteiger partial charge in [0.1, 0.15) is 11.9 Å². The van der Waals surface area contributed by atoms with E-state index < -0.39 is 16.1 Å². The number of sulfonamides is 1. The maximum atomic E-state index is 13.2. The van der Waals surface area contributed by atoms with Gasteiger partial charge in [0.25, 0.3) is 10.0 Å². The van der Waals surface area contributed by atoms with Crippen molar-refractivity contribution >= 4 is 21.8 Å². The van der Waals surface area contributed by atoms with Crippen LogP contribution in [0.1, 0.15) is 44.4 Å². The van der Waals surface area contributed by atoms with Crippen molar-refractivity contribution in [2.45, 2.75) is 56.6 Å². The molecule has 1 aromatic heterocycles. The van der Waals surface area contributed by atoms with Crippen molar-refractivity contribution in [3.63, 3.8) is 0 Å². The van der Waals surface area contributed by atoms with Gasteiger partial charge in [0.15, 0.2) is 0 Å². The number of hydrogen-bond acceptors (Lipinski definition) is 6. The van der Waals surface area contributed by atoms with Gasteiger partial charge in [-0.25, -0.2) is 8.42 Å². The summed E-state index contributed by atoms with van der Waals surface area (Å²) >= 11 is 0. The monoisotopic (exact) mass is 469 g/mol. The van der Waals surface area contributed by atoms with E-state index in [1.54, 1.807) is 24.3 Å². The molecule has 1 aromatic carbocycles. The molecule has 2 atom stereocenters. The van der Waals surface area contributed by atoms with Crippen LogP contribution in [0.4, 0.5) is 0 Å². The Kier molecular flexibility index (Phi) is 7.09. The topological polar surface area (TPSA) is 104 Å². The molecule has 0 unspecified atom stereocenters. The van der Waals surface area contributed by atoms with Crippen LogP contribution in [0.5, 0.6) is 0 Å². The minimum atomic E-state index is -3.64. The third kappa shape index (κ3) is 5.42. The highest BCUT2D eigenvalue weighted by Crippen LogP contribution is 2.24. The van der Waals surface area contributed by atoms with E-state index in [0.29, 0.717) is 5.56 Å². The highest BCUT2D eigenvalue weighted by atomic mass is 32.2. The van der Waals surface area contributed by atoms with Crippen LogP contribution in [0, 0.1) is 5.92 Å². The van der Waals surface area contributed by atoms with E-state index in [2.05, 4.69) is 24.9 Å². The van der Waals surface area contributed by atoms with Crippen molar-refractivity contribution in [1.82, 2.24) is 19.9 Å². The number of nitrogens with zero attached hydrogens (tertiary/aromatic N) is 3. The van der Waals surface area contributed by atoms with Crippen LogP contribution in [0.15, 0.2) is 58.5 Å². The van der Waals surface area contributed by atoms with Crippen molar-refractivity contribution < 1.29 is 13.2 Å². The molecule has 2 aromatic rings. The van der Waals surface area contributed by atoms with E-state index in [-0.39, 0.29) is 28.6 Å². The molecule has 3 heterocycles. The third-order valence-corrected chi connectivity index (χ3v) is 7.83. The van der Waals surface area contributed by atoms with Gasteiger partial charge in [-0.1, -0.05) is 38.5 Å². The fraction of sp³-hybridized carbons (Fsp3) is 0.458. The molecule has 33 heavy (non-hydrogen) atoms. The molecule has 1 amide bonds. The molecule has 0 aliphatic carbocycles. The second-order valence-corrected chi connectivity index (χ2v) is 10.4. The molecule has 2 N–H and O–H groups in total. The predicted molar refractivity (Wildman–Crippen MR) is 127 cm³/mol. The van der Waals surface area contributed by atoms with Crippen LogP contribution in [0.2, 0.25) is 0 Å². The van der Waals surface area contributed by atoms with E-state index in [1.807, 2.05) is 38.2 Å². The number of piperidine rings is 1. The predicted octanol–water partition coefficient (Wildman–Crippen LogP) is 2.32. The van der Waals surface area contributed by atoms with Crippen molar-refractivity contribution in [3.05, 3.63) is 59.9 Å². The lowest BCUT2D eigenvalue weighted by Gasteiger charge is -2.33. The Hall–Kier alpha value is -2.78. The van der Waals surface area contributed by atoms with E-state index in [9.17, 15) is 13.2 Å². The first-order valence-electron chi connectivity index (χ1n) is 11.5. The zero-order valence-electron chi connectivity index (χ0n) is 19.1. The van der Waals surface area contributed by atoms with Gasteiger partial charge in [-0.05, 0) is 43.0 Å². The van der Waals surface area contributed by atoms with Crippen molar-refractivity contribution in [2.24, 2.45) is 10.9 Å². The SMILES string of the molecule is CC[C@H](C)[C@H](N=C1NS(=O)(=O)c2ccccc21)C(=O)NC1CCN(Cc2ccccn2)CC1. The fourth-order valence-corrected chi connectivity index (χ4v) is 5.52. The Balaban J connectivity index is 1.42. The Bertz CT molecular complexity index is 1110. The first-order chi connectivity index (χ1) is 15.9. The summed E-state index contributed by atoms with van der Waals surface area (Å²) in [7, 11) is -3.64. The lowest BCUT2D eigenvalue weighted by molar-refractivity contribution is -0.124. The first-order valence-corrected chi connectivity index (χ1v) is 13.0. The Morgan fingerprint density at radius 3 is 2.64 bits per heavy atom. The maximum Gasteiger partial charge on any atom is 0.263 e. The number of hydrogen-bond donors (Lipinski definition) is 2. The number of nitrogens with one attached hydrogen (secondary N) is 2. The third-order valence-electron chi connectivity index (χ3n) is 6.43. The normalized spacial score (nSPS) is 21.2. The molecule has 176 valence electrons. The van der Waals surface area contributed by atoms with Gasteiger partial charge in [-0.3, -0.25) is 24.4 Å². The average molecular weight is 470 g/mol. The Morgan fingerprint density at radius 2 is 1.94 bits per heavy atom. The zero-order chi connectivity index (χ0) is 23.4. The summed E-state index contributed by atoms with van der Waals surface area (Å²) in [6.45, 7) is 6.56.